The van der Waals surface area contributed by atoms with Crippen LogP contribution in [0, 0.1) is 0 Å². The number of para-hydroxylation sites is 2. The topological polar surface area (TPSA) is 112 Å². The maximum Gasteiger partial charge on any atom is 0.255 e. The largest absolute Gasteiger partial charge is 0.497 e. The van der Waals surface area contributed by atoms with E-state index in [0.29, 0.717) is 51.5 Å². The van der Waals surface area contributed by atoms with Crippen LogP contribution < -0.4 is 24.8 Å². The van der Waals surface area contributed by atoms with E-state index in [4.69, 9.17) is 24.3 Å². The van der Waals surface area contributed by atoms with Crippen LogP contribution in [0.5, 0.6) is 17.2 Å². The SMILES string of the molecule is COc1ccc(OC)c(C2C(C(=O)Nc3ccccc3OC)=C(C)Nc3nc(-c4cccnc4)nn32)c1. The molecule has 188 valence electrons. The molecule has 2 aromatic carbocycles. The molecule has 0 fully saturated rings. The Morgan fingerprint density at radius 3 is 2.54 bits per heavy atom. The second-order valence-electron chi connectivity index (χ2n) is 8.27. The zero-order valence-corrected chi connectivity index (χ0v) is 20.9. The van der Waals surface area contributed by atoms with Gasteiger partial charge in [0.1, 0.15) is 23.3 Å². The van der Waals surface area contributed by atoms with E-state index in [1.807, 2.05) is 37.3 Å². The minimum Gasteiger partial charge on any atom is -0.497 e. The van der Waals surface area contributed by atoms with Gasteiger partial charge in [-0.25, -0.2) is 4.68 Å². The fourth-order valence-electron chi connectivity index (χ4n) is 4.34. The van der Waals surface area contributed by atoms with Crippen molar-refractivity contribution in [1.82, 2.24) is 19.7 Å². The molecule has 1 unspecified atom stereocenters. The van der Waals surface area contributed by atoms with Crippen molar-refractivity contribution in [2.24, 2.45) is 0 Å². The standard InChI is InChI=1S/C27H26N6O4/c1-16-23(26(34)30-20-9-5-6-10-22(20)37-4)24(19-14-18(35-2)11-12-21(19)36-3)33-27(29-16)31-25(32-33)17-8-7-13-28-15-17/h5-15,24H,1-4H3,(H,30,34)(H,29,31,32). The van der Waals surface area contributed by atoms with E-state index < -0.39 is 6.04 Å². The van der Waals surface area contributed by atoms with Gasteiger partial charge in [-0.3, -0.25) is 9.78 Å². The van der Waals surface area contributed by atoms with Gasteiger partial charge < -0.3 is 24.8 Å². The maximum atomic E-state index is 13.9. The molecule has 0 spiro atoms. The van der Waals surface area contributed by atoms with Crippen molar-refractivity contribution in [1.29, 1.82) is 0 Å². The van der Waals surface area contributed by atoms with E-state index in [1.165, 1.54) is 0 Å². The van der Waals surface area contributed by atoms with Crippen molar-refractivity contribution in [3.8, 4) is 28.6 Å². The van der Waals surface area contributed by atoms with Crippen LogP contribution in [0.25, 0.3) is 11.4 Å². The molecule has 5 rings (SSSR count). The third-order valence-corrected chi connectivity index (χ3v) is 6.10. The number of anilines is 2. The lowest BCUT2D eigenvalue weighted by Crippen LogP contribution is -2.31. The van der Waals surface area contributed by atoms with Crippen LogP contribution in [0.2, 0.25) is 0 Å². The van der Waals surface area contributed by atoms with Crippen molar-refractivity contribution in [2.45, 2.75) is 13.0 Å². The van der Waals surface area contributed by atoms with Crippen molar-refractivity contribution < 1.29 is 19.0 Å². The Balaban J connectivity index is 1.66. The highest BCUT2D eigenvalue weighted by atomic mass is 16.5. The van der Waals surface area contributed by atoms with Gasteiger partial charge >= 0.3 is 0 Å². The Bertz CT molecular complexity index is 1480. The number of carbonyl (C=O) groups is 1. The van der Waals surface area contributed by atoms with Crippen LogP contribution in [0.4, 0.5) is 11.6 Å². The molecule has 2 aromatic heterocycles. The Labute approximate surface area is 213 Å². The summed E-state index contributed by atoms with van der Waals surface area (Å²) in [5.41, 5.74) is 3.05. The Hall–Kier alpha value is -4.86. The summed E-state index contributed by atoms with van der Waals surface area (Å²) >= 11 is 0. The third kappa shape index (κ3) is 4.44. The summed E-state index contributed by atoms with van der Waals surface area (Å²) in [6, 6.07) is 15.7. The van der Waals surface area contributed by atoms with Gasteiger partial charge in [0.25, 0.3) is 5.91 Å². The summed E-state index contributed by atoms with van der Waals surface area (Å²) in [5.74, 6) is 2.38. The first-order valence-electron chi connectivity index (χ1n) is 11.5. The lowest BCUT2D eigenvalue weighted by Gasteiger charge is -2.29. The van der Waals surface area contributed by atoms with Crippen molar-refractivity contribution in [3.05, 3.63) is 83.8 Å². The molecule has 10 heteroatoms. The van der Waals surface area contributed by atoms with E-state index in [2.05, 4.69) is 15.6 Å². The number of allylic oxidation sites excluding steroid dienone is 1. The molecular formula is C27H26N6O4. The van der Waals surface area contributed by atoms with E-state index in [1.54, 1.807) is 62.7 Å². The zero-order valence-electron chi connectivity index (χ0n) is 20.9. The molecule has 0 radical (unpaired) electrons. The van der Waals surface area contributed by atoms with Gasteiger partial charge in [0.05, 0.1) is 32.6 Å². The summed E-state index contributed by atoms with van der Waals surface area (Å²) in [7, 11) is 4.73. The molecule has 1 aliphatic rings. The van der Waals surface area contributed by atoms with Crippen LogP contribution in [0.3, 0.4) is 0 Å². The highest BCUT2D eigenvalue weighted by molar-refractivity contribution is 6.06. The van der Waals surface area contributed by atoms with Crippen molar-refractivity contribution in [2.75, 3.05) is 32.0 Å². The second-order valence-corrected chi connectivity index (χ2v) is 8.27. The van der Waals surface area contributed by atoms with Gasteiger partial charge in [0, 0.05) is 29.2 Å². The number of ether oxygens (including phenoxy) is 3. The lowest BCUT2D eigenvalue weighted by atomic mass is 9.94. The number of pyridine rings is 1. The molecule has 3 heterocycles. The second kappa shape index (κ2) is 10.0. The number of methoxy groups -OCH3 is 3. The highest BCUT2D eigenvalue weighted by Gasteiger charge is 2.36. The summed E-state index contributed by atoms with van der Waals surface area (Å²) in [6.07, 6.45) is 3.38. The van der Waals surface area contributed by atoms with Gasteiger partial charge in [0.2, 0.25) is 5.95 Å². The van der Waals surface area contributed by atoms with Crippen LogP contribution >= 0.6 is 0 Å². The Kier molecular flexibility index (Phi) is 6.46. The number of aromatic nitrogens is 4. The molecule has 37 heavy (non-hydrogen) atoms. The van der Waals surface area contributed by atoms with E-state index in [9.17, 15) is 4.79 Å². The molecule has 0 bridgehead atoms. The predicted octanol–water partition coefficient (Wildman–Crippen LogP) is 4.29. The average molecular weight is 499 g/mol. The highest BCUT2D eigenvalue weighted by Crippen LogP contribution is 2.41. The molecule has 1 atom stereocenters. The van der Waals surface area contributed by atoms with Gasteiger partial charge in [-0.1, -0.05) is 12.1 Å². The third-order valence-electron chi connectivity index (χ3n) is 6.10. The molecule has 0 saturated heterocycles. The van der Waals surface area contributed by atoms with Gasteiger partial charge in [-0.2, -0.15) is 4.98 Å². The van der Waals surface area contributed by atoms with E-state index in [0.717, 1.165) is 5.56 Å². The van der Waals surface area contributed by atoms with Gasteiger partial charge in [-0.15, -0.1) is 5.10 Å². The molecule has 10 nitrogen and oxygen atoms in total. The van der Waals surface area contributed by atoms with Crippen LogP contribution in [0.1, 0.15) is 18.5 Å². The summed E-state index contributed by atoms with van der Waals surface area (Å²) in [5, 5.41) is 11.0. The fraction of sp³-hybridized carbons (Fsp3) is 0.185. The first kappa shape index (κ1) is 23.9. The number of amides is 1. The van der Waals surface area contributed by atoms with E-state index in [-0.39, 0.29) is 5.91 Å². The molecule has 1 aliphatic heterocycles. The molecule has 0 aliphatic carbocycles. The minimum absolute atomic E-state index is 0.326. The van der Waals surface area contributed by atoms with Gasteiger partial charge in [-0.05, 0) is 49.4 Å². The lowest BCUT2D eigenvalue weighted by molar-refractivity contribution is -0.113. The van der Waals surface area contributed by atoms with Crippen LogP contribution in [0.15, 0.2) is 78.3 Å². The quantitative estimate of drug-likeness (QED) is 0.388. The Morgan fingerprint density at radius 1 is 1.00 bits per heavy atom. The number of nitrogens with zero attached hydrogens (tertiary/aromatic N) is 4. The normalized spacial score (nSPS) is 14.4. The number of rotatable bonds is 7. The number of carbonyl (C=O) groups excluding carboxylic acids is 1. The molecule has 4 aromatic rings. The number of nitrogens with one attached hydrogen (secondary N) is 2. The number of hydrogen-bond acceptors (Lipinski definition) is 8. The average Bonchev–Trinajstić information content (AvgIpc) is 3.36. The van der Waals surface area contributed by atoms with Crippen molar-refractivity contribution in [3.63, 3.8) is 0 Å². The van der Waals surface area contributed by atoms with Crippen LogP contribution in [-0.4, -0.2) is 47.0 Å². The monoisotopic (exact) mass is 498 g/mol. The first-order chi connectivity index (χ1) is 18.0. The number of fused-ring (bicyclic) bond motifs is 1. The van der Waals surface area contributed by atoms with Crippen LogP contribution in [-0.2, 0) is 4.79 Å². The molecule has 1 amide bonds. The van der Waals surface area contributed by atoms with E-state index >= 15 is 0 Å². The molecule has 0 saturated carbocycles. The summed E-state index contributed by atoms with van der Waals surface area (Å²) < 4.78 is 18.3. The van der Waals surface area contributed by atoms with Crippen molar-refractivity contribution >= 4 is 17.5 Å². The number of hydrogen-bond donors (Lipinski definition) is 2. The summed E-state index contributed by atoms with van der Waals surface area (Å²) in [4.78, 5) is 22.7. The zero-order chi connectivity index (χ0) is 25.9. The fourth-order valence-corrected chi connectivity index (χ4v) is 4.34. The Morgan fingerprint density at radius 2 is 1.81 bits per heavy atom. The maximum absolute atomic E-state index is 13.9. The number of benzene rings is 2. The minimum atomic E-state index is -0.672. The smallest absolute Gasteiger partial charge is 0.255 e. The molecular weight excluding hydrogens is 472 g/mol. The first-order valence-corrected chi connectivity index (χ1v) is 11.5. The summed E-state index contributed by atoms with van der Waals surface area (Å²) in [6.45, 7) is 1.83. The van der Waals surface area contributed by atoms with Gasteiger partial charge in [0.15, 0.2) is 5.82 Å². The molecule has 2 N–H and O–H groups in total. The predicted molar refractivity (Wildman–Crippen MR) is 139 cm³/mol.